The smallest absolute Gasteiger partial charge is 0.231 e. The molecule has 2 aromatic carbocycles. The Kier molecular flexibility index (Phi) is 4.61. The average molecular weight is 400 g/mol. The summed E-state index contributed by atoms with van der Waals surface area (Å²) >= 11 is 7.61. The fourth-order valence-electron chi connectivity index (χ4n) is 3.23. The highest BCUT2D eigenvalue weighted by Crippen LogP contribution is 2.31. The van der Waals surface area contributed by atoms with Crippen molar-refractivity contribution in [1.82, 2.24) is 4.98 Å². The van der Waals surface area contributed by atoms with Gasteiger partial charge in [0.05, 0.1) is 16.1 Å². The van der Waals surface area contributed by atoms with Crippen LogP contribution in [0.4, 0.5) is 10.8 Å². The van der Waals surface area contributed by atoms with Gasteiger partial charge in [0.1, 0.15) is 0 Å². The second-order valence-electron chi connectivity index (χ2n) is 6.77. The number of aromatic nitrogens is 1. The number of aryl methyl sites for hydroxylation is 2. The Bertz CT molecular complexity index is 1060. The zero-order valence-corrected chi connectivity index (χ0v) is 16.5. The highest BCUT2D eigenvalue weighted by Gasteiger charge is 2.35. The van der Waals surface area contributed by atoms with E-state index in [1.54, 1.807) is 11.0 Å². The van der Waals surface area contributed by atoms with Gasteiger partial charge in [-0.2, -0.15) is 0 Å². The summed E-state index contributed by atoms with van der Waals surface area (Å²) in [7, 11) is 0. The Hall–Kier alpha value is -2.44. The molecule has 5 nitrogen and oxygen atoms in total. The molecular formula is C20H18ClN3O2S. The van der Waals surface area contributed by atoms with Gasteiger partial charge in [-0.25, -0.2) is 4.98 Å². The number of thiazole rings is 1. The summed E-state index contributed by atoms with van der Waals surface area (Å²) in [6.45, 7) is 4.25. The molecule has 2 amide bonds. The van der Waals surface area contributed by atoms with E-state index in [4.69, 9.17) is 11.6 Å². The van der Waals surface area contributed by atoms with E-state index < -0.39 is 5.92 Å². The first kappa shape index (κ1) is 17.9. The fourth-order valence-corrected chi connectivity index (χ4v) is 4.35. The molecule has 2 heterocycles. The molecule has 7 heteroatoms. The van der Waals surface area contributed by atoms with Gasteiger partial charge in [0.15, 0.2) is 5.13 Å². The van der Waals surface area contributed by atoms with Gasteiger partial charge in [-0.15, -0.1) is 0 Å². The van der Waals surface area contributed by atoms with E-state index in [1.807, 2.05) is 44.2 Å². The predicted octanol–water partition coefficient (Wildman–Crippen LogP) is 4.56. The first-order valence-corrected chi connectivity index (χ1v) is 9.85. The van der Waals surface area contributed by atoms with E-state index in [-0.39, 0.29) is 18.2 Å². The summed E-state index contributed by atoms with van der Waals surface area (Å²) in [5.74, 6) is -0.665. The second-order valence-corrected chi connectivity index (χ2v) is 8.21. The topological polar surface area (TPSA) is 62.3 Å². The molecule has 3 aromatic rings. The van der Waals surface area contributed by atoms with Gasteiger partial charge in [0.25, 0.3) is 0 Å². The van der Waals surface area contributed by atoms with Crippen LogP contribution < -0.4 is 10.2 Å². The van der Waals surface area contributed by atoms with E-state index in [0.29, 0.717) is 16.7 Å². The van der Waals surface area contributed by atoms with Crippen molar-refractivity contribution in [2.75, 3.05) is 16.8 Å². The molecule has 1 saturated heterocycles. The van der Waals surface area contributed by atoms with Gasteiger partial charge in [0.2, 0.25) is 11.8 Å². The van der Waals surface area contributed by atoms with Crippen molar-refractivity contribution >= 4 is 55.8 Å². The van der Waals surface area contributed by atoms with Crippen molar-refractivity contribution in [3.05, 3.63) is 52.5 Å². The Balaban J connectivity index is 1.50. The maximum Gasteiger partial charge on any atom is 0.231 e. The summed E-state index contributed by atoms with van der Waals surface area (Å²) in [5.41, 5.74) is 3.65. The molecule has 1 N–H and O–H groups in total. The number of anilines is 2. The summed E-state index contributed by atoms with van der Waals surface area (Å²) in [6, 6.07) is 11.5. The number of carbonyl (C=O) groups excluding carboxylic acids is 2. The minimum atomic E-state index is -0.411. The Morgan fingerprint density at radius 2 is 2.07 bits per heavy atom. The maximum atomic E-state index is 12.7. The van der Waals surface area contributed by atoms with Gasteiger partial charge >= 0.3 is 0 Å². The molecule has 0 bridgehead atoms. The number of rotatable bonds is 3. The Morgan fingerprint density at radius 1 is 1.26 bits per heavy atom. The van der Waals surface area contributed by atoms with Crippen molar-refractivity contribution in [3.8, 4) is 0 Å². The molecule has 0 saturated carbocycles. The third kappa shape index (κ3) is 3.42. The lowest BCUT2D eigenvalue weighted by Crippen LogP contribution is -2.28. The van der Waals surface area contributed by atoms with Crippen molar-refractivity contribution in [1.29, 1.82) is 0 Å². The van der Waals surface area contributed by atoms with Crippen LogP contribution in [-0.2, 0) is 9.59 Å². The molecule has 1 aliphatic heterocycles. The van der Waals surface area contributed by atoms with Gasteiger partial charge in [-0.3, -0.25) is 9.59 Å². The molecular weight excluding hydrogens is 382 g/mol. The normalized spacial score (nSPS) is 16.9. The first-order valence-electron chi connectivity index (χ1n) is 8.66. The molecule has 1 atom stereocenters. The number of halogens is 1. The molecule has 27 heavy (non-hydrogen) atoms. The molecule has 1 aromatic heterocycles. The van der Waals surface area contributed by atoms with Gasteiger partial charge in [0, 0.05) is 23.7 Å². The minimum Gasteiger partial charge on any atom is -0.312 e. The quantitative estimate of drug-likeness (QED) is 0.702. The van der Waals surface area contributed by atoms with Crippen LogP contribution in [0.5, 0.6) is 0 Å². The number of fused-ring (bicyclic) bond motifs is 1. The number of para-hydroxylation sites is 1. The largest absolute Gasteiger partial charge is 0.312 e. The number of carbonyl (C=O) groups is 2. The van der Waals surface area contributed by atoms with E-state index in [1.165, 1.54) is 11.3 Å². The van der Waals surface area contributed by atoms with Crippen LogP contribution in [0.2, 0.25) is 5.02 Å². The Morgan fingerprint density at radius 3 is 2.81 bits per heavy atom. The zero-order chi connectivity index (χ0) is 19.1. The van der Waals surface area contributed by atoms with Crippen LogP contribution >= 0.6 is 22.9 Å². The molecule has 0 unspecified atom stereocenters. The van der Waals surface area contributed by atoms with Gasteiger partial charge in [-0.1, -0.05) is 41.1 Å². The van der Waals surface area contributed by atoms with Gasteiger partial charge < -0.3 is 10.2 Å². The number of benzene rings is 2. The van der Waals surface area contributed by atoms with Crippen LogP contribution in [0.1, 0.15) is 17.5 Å². The maximum absolute atomic E-state index is 12.7. The van der Waals surface area contributed by atoms with Crippen molar-refractivity contribution in [2.45, 2.75) is 20.3 Å². The third-order valence-electron chi connectivity index (χ3n) is 4.81. The zero-order valence-electron chi connectivity index (χ0n) is 15.0. The first-order chi connectivity index (χ1) is 12.9. The molecule has 1 aliphatic rings. The summed E-state index contributed by atoms with van der Waals surface area (Å²) in [4.78, 5) is 31.2. The lowest BCUT2D eigenvalue weighted by molar-refractivity contribution is -0.122. The van der Waals surface area contributed by atoms with Crippen molar-refractivity contribution in [2.24, 2.45) is 5.92 Å². The standard InChI is InChI=1S/C20H18ClN3O2S/c1-11-6-7-14(9-15(11)21)24-10-13(8-17(24)25)19(26)23-20-22-18-12(2)4-3-5-16(18)27-20/h3-7,9,13H,8,10H2,1-2H3,(H,22,23,26)/t13-/m0/s1. The number of nitrogens with zero attached hydrogens (tertiary/aromatic N) is 2. The van der Waals surface area contributed by atoms with Crippen LogP contribution in [0.3, 0.4) is 0 Å². The molecule has 1 fully saturated rings. The molecule has 4 rings (SSSR count). The molecule has 0 radical (unpaired) electrons. The van der Waals surface area contributed by atoms with E-state index >= 15 is 0 Å². The SMILES string of the molecule is Cc1ccc(N2C[C@@H](C(=O)Nc3nc4c(C)cccc4s3)CC2=O)cc1Cl. The number of amides is 2. The molecule has 0 spiro atoms. The van der Waals surface area contributed by atoms with E-state index in [9.17, 15) is 9.59 Å². The second kappa shape index (κ2) is 6.94. The van der Waals surface area contributed by atoms with Crippen LogP contribution in [0.25, 0.3) is 10.2 Å². The average Bonchev–Trinajstić information content (AvgIpc) is 3.21. The fraction of sp³-hybridized carbons (Fsp3) is 0.250. The number of hydrogen-bond donors (Lipinski definition) is 1. The monoisotopic (exact) mass is 399 g/mol. The third-order valence-corrected chi connectivity index (χ3v) is 6.16. The van der Waals surface area contributed by atoms with Crippen LogP contribution in [0.15, 0.2) is 36.4 Å². The molecule has 0 aliphatic carbocycles. The van der Waals surface area contributed by atoms with Crippen molar-refractivity contribution in [3.63, 3.8) is 0 Å². The summed E-state index contributed by atoms with van der Waals surface area (Å²) < 4.78 is 1.03. The van der Waals surface area contributed by atoms with Crippen molar-refractivity contribution < 1.29 is 9.59 Å². The highest BCUT2D eigenvalue weighted by atomic mass is 35.5. The van der Waals surface area contributed by atoms with E-state index in [0.717, 1.165) is 27.0 Å². The van der Waals surface area contributed by atoms with E-state index in [2.05, 4.69) is 10.3 Å². The lowest BCUT2D eigenvalue weighted by Gasteiger charge is -2.17. The minimum absolute atomic E-state index is 0.0739. The highest BCUT2D eigenvalue weighted by molar-refractivity contribution is 7.22. The summed E-state index contributed by atoms with van der Waals surface area (Å²) in [6.07, 6.45) is 0.182. The number of nitrogens with one attached hydrogen (secondary N) is 1. The van der Waals surface area contributed by atoms with Crippen LogP contribution in [-0.4, -0.2) is 23.3 Å². The Labute approximate surface area is 166 Å². The summed E-state index contributed by atoms with van der Waals surface area (Å²) in [5, 5.41) is 4.05. The van der Waals surface area contributed by atoms with Crippen LogP contribution in [0, 0.1) is 19.8 Å². The number of hydrogen-bond acceptors (Lipinski definition) is 4. The molecule has 138 valence electrons. The predicted molar refractivity (Wildman–Crippen MR) is 110 cm³/mol. The van der Waals surface area contributed by atoms with Gasteiger partial charge in [-0.05, 0) is 43.2 Å². The lowest BCUT2D eigenvalue weighted by atomic mass is 10.1.